The Balaban J connectivity index is 1.95. The number of rotatable bonds is 4. The lowest BCUT2D eigenvalue weighted by Crippen LogP contribution is -2.32. The summed E-state index contributed by atoms with van der Waals surface area (Å²) < 4.78 is 18.9. The topological polar surface area (TPSA) is 60.2 Å². The summed E-state index contributed by atoms with van der Waals surface area (Å²) in [6.45, 7) is 0. The molecule has 1 aliphatic carbocycles. The second kappa shape index (κ2) is 5.79. The standard InChI is InChI=1S/C16H18FN3O/c1-21-14-7-5-11(9-13(14)17)16(20-18)12-6-4-10-3-2-8-19-15(10)12/h2-3,5,7-9,12,16,20H,4,6,18H2,1H3. The zero-order chi connectivity index (χ0) is 14.8. The second-order valence-electron chi connectivity index (χ2n) is 5.23. The second-order valence-corrected chi connectivity index (χ2v) is 5.23. The lowest BCUT2D eigenvalue weighted by molar-refractivity contribution is 0.383. The lowest BCUT2D eigenvalue weighted by Gasteiger charge is -2.23. The summed E-state index contributed by atoms with van der Waals surface area (Å²) in [5, 5.41) is 0. The van der Waals surface area contributed by atoms with E-state index in [0.717, 1.165) is 24.1 Å². The molecular weight excluding hydrogens is 269 g/mol. The zero-order valence-electron chi connectivity index (χ0n) is 11.8. The summed E-state index contributed by atoms with van der Waals surface area (Å²) in [5.74, 6) is 5.74. The summed E-state index contributed by atoms with van der Waals surface area (Å²) in [5.41, 5.74) is 5.92. The van der Waals surface area contributed by atoms with E-state index < -0.39 is 0 Å². The molecule has 0 amide bonds. The normalized spacial score (nSPS) is 18.3. The van der Waals surface area contributed by atoms with Crippen LogP contribution in [-0.4, -0.2) is 12.1 Å². The molecule has 0 saturated carbocycles. The molecule has 0 fully saturated rings. The van der Waals surface area contributed by atoms with Gasteiger partial charge in [-0.2, -0.15) is 0 Å². The molecule has 2 atom stereocenters. The van der Waals surface area contributed by atoms with Gasteiger partial charge in [0.1, 0.15) is 0 Å². The van der Waals surface area contributed by atoms with Crippen LogP contribution in [-0.2, 0) is 6.42 Å². The number of nitrogens with one attached hydrogen (secondary N) is 1. The van der Waals surface area contributed by atoms with E-state index in [0.29, 0.717) is 0 Å². The smallest absolute Gasteiger partial charge is 0.165 e. The highest BCUT2D eigenvalue weighted by Crippen LogP contribution is 2.40. The van der Waals surface area contributed by atoms with Crippen molar-refractivity contribution in [2.24, 2.45) is 5.84 Å². The van der Waals surface area contributed by atoms with Crippen molar-refractivity contribution in [3.8, 4) is 5.75 Å². The molecule has 2 aromatic rings. The summed E-state index contributed by atoms with van der Waals surface area (Å²) in [6.07, 6.45) is 3.72. The number of ether oxygens (including phenoxy) is 1. The Kier molecular flexibility index (Phi) is 3.86. The molecule has 0 spiro atoms. The molecular formula is C16H18FN3O. The van der Waals surface area contributed by atoms with Crippen molar-refractivity contribution in [3.05, 3.63) is 59.2 Å². The van der Waals surface area contributed by atoms with E-state index in [-0.39, 0.29) is 23.5 Å². The Labute approximate surface area is 123 Å². The van der Waals surface area contributed by atoms with Crippen molar-refractivity contribution >= 4 is 0 Å². The molecule has 0 radical (unpaired) electrons. The van der Waals surface area contributed by atoms with Crippen LogP contribution in [0.2, 0.25) is 0 Å². The van der Waals surface area contributed by atoms with Crippen molar-refractivity contribution in [3.63, 3.8) is 0 Å². The summed E-state index contributed by atoms with van der Waals surface area (Å²) in [7, 11) is 1.45. The van der Waals surface area contributed by atoms with E-state index in [2.05, 4.69) is 16.5 Å². The van der Waals surface area contributed by atoms with Crippen LogP contribution in [0.1, 0.15) is 35.2 Å². The van der Waals surface area contributed by atoms with E-state index in [1.54, 1.807) is 12.3 Å². The van der Waals surface area contributed by atoms with Gasteiger partial charge in [0.05, 0.1) is 13.2 Å². The first kappa shape index (κ1) is 14.0. The SMILES string of the molecule is COc1ccc(C(NN)C2CCc3cccnc32)cc1F. The molecule has 0 aliphatic heterocycles. The van der Waals surface area contributed by atoms with Gasteiger partial charge < -0.3 is 4.74 Å². The fraction of sp³-hybridized carbons (Fsp3) is 0.312. The molecule has 21 heavy (non-hydrogen) atoms. The third-order valence-corrected chi connectivity index (χ3v) is 4.12. The van der Waals surface area contributed by atoms with Gasteiger partial charge in [0, 0.05) is 17.8 Å². The molecule has 5 heteroatoms. The molecule has 2 unspecified atom stereocenters. The number of aryl methyl sites for hydroxylation is 1. The van der Waals surface area contributed by atoms with Gasteiger partial charge in [0.15, 0.2) is 11.6 Å². The Morgan fingerprint density at radius 3 is 3.00 bits per heavy atom. The highest BCUT2D eigenvalue weighted by Gasteiger charge is 2.31. The largest absolute Gasteiger partial charge is 0.494 e. The molecule has 3 rings (SSSR count). The summed E-state index contributed by atoms with van der Waals surface area (Å²) in [6, 6.07) is 8.81. The predicted molar refractivity (Wildman–Crippen MR) is 78.3 cm³/mol. The van der Waals surface area contributed by atoms with Gasteiger partial charge >= 0.3 is 0 Å². The van der Waals surface area contributed by atoms with Gasteiger partial charge in [-0.05, 0) is 42.2 Å². The maximum atomic E-state index is 13.9. The molecule has 1 aliphatic rings. The number of nitrogens with two attached hydrogens (primary N) is 1. The Morgan fingerprint density at radius 1 is 1.43 bits per heavy atom. The third kappa shape index (κ3) is 2.50. The van der Waals surface area contributed by atoms with Crippen LogP contribution in [0.3, 0.4) is 0 Å². The van der Waals surface area contributed by atoms with Crippen molar-refractivity contribution in [2.75, 3.05) is 7.11 Å². The van der Waals surface area contributed by atoms with Gasteiger partial charge in [0.2, 0.25) is 0 Å². The molecule has 0 saturated heterocycles. The summed E-state index contributed by atoms with van der Waals surface area (Å²) in [4.78, 5) is 4.48. The summed E-state index contributed by atoms with van der Waals surface area (Å²) >= 11 is 0. The van der Waals surface area contributed by atoms with Crippen molar-refractivity contribution in [1.29, 1.82) is 0 Å². The molecule has 110 valence electrons. The van der Waals surface area contributed by atoms with E-state index in [1.165, 1.54) is 18.7 Å². The molecule has 1 heterocycles. The van der Waals surface area contributed by atoms with Crippen LogP contribution in [0.25, 0.3) is 0 Å². The Morgan fingerprint density at radius 2 is 2.29 bits per heavy atom. The monoisotopic (exact) mass is 287 g/mol. The first-order valence-corrected chi connectivity index (χ1v) is 6.98. The van der Waals surface area contributed by atoms with Gasteiger partial charge in [0.25, 0.3) is 0 Å². The van der Waals surface area contributed by atoms with Crippen molar-refractivity contribution in [2.45, 2.75) is 24.8 Å². The Hall–Kier alpha value is -1.98. The van der Waals surface area contributed by atoms with Crippen LogP contribution in [0, 0.1) is 5.82 Å². The predicted octanol–water partition coefficient (Wildman–Crippen LogP) is 2.46. The number of fused-ring (bicyclic) bond motifs is 1. The van der Waals surface area contributed by atoms with E-state index >= 15 is 0 Å². The number of methoxy groups -OCH3 is 1. The highest BCUT2D eigenvalue weighted by molar-refractivity contribution is 5.36. The number of nitrogens with zero attached hydrogens (tertiary/aromatic N) is 1. The first-order chi connectivity index (χ1) is 10.2. The lowest BCUT2D eigenvalue weighted by atomic mass is 9.91. The van der Waals surface area contributed by atoms with Gasteiger partial charge in [-0.25, -0.2) is 4.39 Å². The minimum Gasteiger partial charge on any atom is -0.494 e. The van der Waals surface area contributed by atoms with Gasteiger partial charge in [-0.3, -0.25) is 16.3 Å². The number of hydrogen-bond donors (Lipinski definition) is 2. The molecule has 1 aromatic heterocycles. The minimum absolute atomic E-state index is 0.152. The zero-order valence-corrected chi connectivity index (χ0v) is 11.8. The minimum atomic E-state index is -0.380. The van der Waals surface area contributed by atoms with Crippen LogP contribution in [0.4, 0.5) is 4.39 Å². The number of benzene rings is 1. The first-order valence-electron chi connectivity index (χ1n) is 6.98. The number of hydrazine groups is 1. The van der Waals surface area contributed by atoms with E-state index in [9.17, 15) is 4.39 Å². The van der Waals surface area contributed by atoms with Crippen LogP contribution in [0.5, 0.6) is 5.75 Å². The van der Waals surface area contributed by atoms with E-state index in [1.807, 2.05) is 12.1 Å². The van der Waals surface area contributed by atoms with Gasteiger partial charge in [-0.15, -0.1) is 0 Å². The number of hydrogen-bond acceptors (Lipinski definition) is 4. The van der Waals surface area contributed by atoms with E-state index in [4.69, 9.17) is 10.6 Å². The van der Waals surface area contributed by atoms with Crippen LogP contribution >= 0.6 is 0 Å². The number of aromatic nitrogens is 1. The average molecular weight is 287 g/mol. The van der Waals surface area contributed by atoms with Gasteiger partial charge in [-0.1, -0.05) is 12.1 Å². The molecule has 3 N–H and O–H groups in total. The third-order valence-electron chi connectivity index (χ3n) is 4.12. The number of pyridine rings is 1. The van der Waals surface area contributed by atoms with Crippen LogP contribution < -0.4 is 16.0 Å². The van der Waals surface area contributed by atoms with Crippen molar-refractivity contribution < 1.29 is 9.13 Å². The fourth-order valence-electron chi connectivity index (χ4n) is 3.09. The molecule has 0 bridgehead atoms. The molecule has 1 aromatic carbocycles. The Bertz CT molecular complexity index is 647. The maximum absolute atomic E-state index is 13.9. The maximum Gasteiger partial charge on any atom is 0.165 e. The van der Waals surface area contributed by atoms with Crippen LogP contribution in [0.15, 0.2) is 36.5 Å². The fourth-order valence-corrected chi connectivity index (χ4v) is 3.09. The highest BCUT2D eigenvalue weighted by atomic mass is 19.1. The molecule has 4 nitrogen and oxygen atoms in total. The number of halogens is 1. The van der Waals surface area contributed by atoms with Crippen molar-refractivity contribution in [1.82, 2.24) is 10.4 Å². The average Bonchev–Trinajstić information content (AvgIpc) is 2.93. The quantitative estimate of drug-likeness (QED) is 0.670.